The lowest BCUT2D eigenvalue weighted by atomic mass is 9.78. The highest BCUT2D eigenvalue weighted by molar-refractivity contribution is 5.94. The molecule has 320 valence electrons. The van der Waals surface area contributed by atoms with E-state index in [2.05, 4.69) is 269 Å². The minimum atomic E-state index is -0.119. The predicted octanol–water partition coefficient (Wildman–Crippen LogP) is 18.1. The second kappa shape index (κ2) is 15.9. The van der Waals surface area contributed by atoms with Crippen molar-refractivity contribution in [2.24, 2.45) is 0 Å². The molecule has 0 bridgehead atoms. The zero-order valence-corrected chi connectivity index (χ0v) is 38.5. The van der Waals surface area contributed by atoms with E-state index in [-0.39, 0.29) is 10.8 Å². The number of fused-ring (bicyclic) bond motifs is 6. The monoisotopic (exact) mass is 857 g/mol. The first-order valence-corrected chi connectivity index (χ1v) is 23.6. The highest BCUT2D eigenvalue weighted by Gasteiger charge is 2.38. The second-order valence-electron chi connectivity index (χ2n) is 19.3. The van der Waals surface area contributed by atoms with Crippen LogP contribution in [0.2, 0.25) is 0 Å². The average molecular weight is 858 g/mol. The predicted molar refractivity (Wildman–Crippen MR) is 283 cm³/mol. The summed E-state index contributed by atoms with van der Waals surface area (Å²) >= 11 is 0. The van der Waals surface area contributed by atoms with Crippen LogP contribution in [0.3, 0.4) is 0 Å². The molecule has 0 aliphatic heterocycles. The summed E-state index contributed by atoms with van der Waals surface area (Å²) in [5.41, 5.74) is 26.3. The fourth-order valence-corrected chi connectivity index (χ4v) is 11.4. The molecule has 67 heavy (non-hydrogen) atoms. The Hall–Kier alpha value is -8.00. The first kappa shape index (κ1) is 40.5. The molecule has 1 heteroatoms. The molecule has 0 amide bonds. The topological polar surface area (TPSA) is 3.24 Å². The lowest BCUT2D eigenvalue weighted by Crippen LogP contribution is -2.16. The zero-order valence-electron chi connectivity index (χ0n) is 38.5. The van der Waals surface area contributed by atoms with Crippen LogP contribution in [-0.2, 0) is 10.8 Å². The van der Waals surface area contributed by atoms with E-state index in [1.54, 1.807) is 0 Å². The van der Waals surface area contributed by atoms with Crippen LogP contribution < -0.4 is 4.90 Å². The highest BCUT2D eigenvalue weighted by atomic mass is 15.1. The van der Waals surface area contributed by atoms with Gasteiger partial charge in [0.25, 0.3) is 0 Å². The van der Waals surface area contributed by atoms with Crippen molar-refractivity contribution in [1.29, 1.82) is 0 Å². The molecular formula is C66H51N. The van der Waals surface area contributed by atoms with Crippen LogP contribution in [0.5, 0.6) is 0 Å². The van der Waals surface area contributed by atoms with Gasteiger partial charge in [-0.15, -0.1) is 0 Å². The molecule has 0 radical (unpaired) electrons. The molecule has 12 rings (SSSR count). The largest absolute Gasteiger partial charge is 0.310 e. The summed E-state index contributed by atoms with van der Waals surface area (Å²) in [6, 6.07) is 87.3. The van der Waals surface area contributed by atoms with Gasteiger partial charge in [0.05, 0.1) is 0 Å². The maximum atomic E-state index is 2.42. The Labute approximate surface area is 395 Å². The molecule has 0 saturated carbocycles. The average Bonchev–Trinajstić information content (AvgIpc) is 3.76. The summed E-state index contributed by atoms with van der Waals surface area (Å²) in [4.78, 5) is 2.42. The van der Waals surface area contributed by atoms with E-state index in [0.717, 1.165) is 17.1 Å². The highest BCUT2D eigenvalue weighted by Crippen LogP contribution is 2.54. The molecule has 0 spiro atoms. The SMILES string of the molecule is CC1(C)c2ccccc2-c2ccc(N(c3ccc(-c4ccc(-c5ccccc5-c5ccccc5)cc4)cc3)c3ccc(-c4ccccc4-c4cccc5c4C(C)(C)c4ccccc4-5)cc3)cc21. The van der Waals surface area contributed by atoms with Crippen molar-refractivity contribution in [2.75, 3.05) is 4.90 Å². The molecule has 0 saturated heterocycles. The van der Waals surface area contributed by atoms with Crippen LogP contribution in [-0.4, -0.2) is 0 Å². The van der Waals surface area contributed by atoms with Crippen molar-refractivity contribution in [2.45, 2.75) is 38.5 Å². The van der Waals surface area contributed by atoms with Gasteiger partial charge in [0.1, 0.15) is 0 Å². The van der Waals surface area contributed by atoms with Crippen molar-refractivity contribution in [3.8, 4) is 77.9 Å². The number of hydrogen-bond donors (Lipinski definition) is 0. The molecule has 10 aromatic rings. The van der Waals surface area contributed by atoms with Crippen LogP contribution in [0, 0.1) is 0 Å². The van der Waals surface area contributed by atoms with E-state index in [1.807, 2.05) is 0 Å². The summed E-state index contributed by atoms with van der Waals surface area (Å²) in [5, 5.41) is 0. The van der Waals surface area contributed by atoms with Crippen molar-refractivity contribution in [3.63, 3.8) is 0 Å². The Morgan fingerprint density at radius 1 is 0.239 bits per heavy atom. The maximum Gasteiger partial charge on any atom is 0.0465 e. The molecule has 0 N–H and O–H groups in total. The van der Waals surface area contributed by atoms with Crippen molar-refractivity contribution in [1.82, 2.24) is 0 Å². The summed E-state index contributed by atoms with van der Waals surface area (Å²) < 4.78 is 0. The van der Waals surface area contributed by atoms with E-state index < -0.39 is 0 Å². The number of rotatable bonds is 8. The normalized spacial score (nSPS) is 13.6. The van der Waals surface area contributed by atoms with Crippen LogP contribution in [0.1, 0.15) is 49.9 Å². The van der Waals surface area contributed by atoms with Gasteiger partial charge < -0.3 is 4.90 Å². The Kier molecular flexibility index (Phi) is 9.59. The third kappa shape index (κ3) is 6.68. The van der Waals surface area contributed by atoms with Crippen LogP contribution in [0.15, 0.2) is 237 Å². The second-order valence-corrected chi connectivity index (χ2v) is 19.3. The molecule has 1 nitrogen and oxygen atoms in total. The molecule has 0 fully saturated rings. The Morgan fingerprint density at radius 3 is 1.18 bits per heavy atom. The van der Waals surface area contributed by atoms with Gasteiger partial charge in [-0.3, -0.25) is 0 Å². The Balaban J connectivity index is 0.917. The number of benzene rings is 10. The van der Waals surface area contributed by atoms with E-state index in [1.165, 1.54) is 100 Å². The first-order chi connectivity index (χ1) is 32.8. The summed E-state index contributed by atoms with van der Waals surface area (Å²) in [6.45, 7) is 9.48. The van der Waals surface area contributed by atoms with Crippen molar-refractivity contribution >= 4 is 17.1 Å². The smallest absolute Gasteiger partial charge is 0.0465 e. The summed E-state index contributed by atoms with van der Waals surface area (Å²) in [7, 11) is 0. The van der Waals surface area contributed by atoms with Gasteiger partial charge in [-0.05, 0) is 137 Å². The molecule has 0 atom stereocenters. The van der Waals surface area contributed by atoms with Crippen LogP contribution in [0.4, 0.5) is 17.1 Å². The van der Waals surface area contributed by atoms with Gasteiger partial charge in [-0.25, -0.2) is 0 Å². The van der Waals surface area contributed by atoms with Gasteiger partial charge in [-0.2, -0.15) is 0 Å². The Bertz CT molecular complexity index is 3480. The summed E-state index contributed by atoms with van der Waals surface area (Å²) in [6.07, 6.45) is 0. The summed E-state index contributed by atoms with van der Waals surface area (Å²) in [5.74, 6) is 0. The number of anilines is 3. The van der Waals surface area contributed by atoms with Crippen LogP contribution in [0.25, 0.3) is 77.9 Å². The van der Waals surface area contributed by atoms with Crippen LogP contribution >= 0.6 is 0 Å². The fourth-order valence-electron chi connectivity index (χ4n) is 11.4. The minimum absolute atomic E-state index is 0.112. The van der Waals surface area contributed by atoms with E-state index >= 15 is 0 Å². The standard InChI is InChI=1S/C66H51N/c1-65(2)61-27-14-12-23-56(61)58-42-41-51(43-63(58)65)67(49-37-33-45(34-38-49)44-29-31-47(32-30-44)53-20-9-8-19-52(53)46-17-6-5-7-18-46)50-39-35-48(36-40-50)54-21-10-11-22-55(54)59-25-16-26-60-57-24-13-15-28-62(57)66(3,4)64(59)60/h5-43H,1-4H3. The van der Waals surface area contributed by atoms with Crippen molar-refractivity contribution in [3.05, 3.63) is 259 Å². The van der Waals surface area contributed by atoms with Gasteiger partial charge in [0, 0.05) is 27.9 Å². The molecule has 0 aromatic heterocycles. The minimum Gasteiger partial charge on any atom is -0.310 e. The lowest BCUT2D eigenvalue weighted by molar-refractivity contribution is 0.660. The lowest BCUT2D eigenvalue weighted by Gasteiger charge is -2.28. The van der Waals surface area contributed by atoms with Gasteiger partial charge in [0.15, 0.2) is 0 Å². The van der Waals surface area contributed by atoms with Crippen molar-refractivity contribution < 1.29 is 0 Å². The quantitative estimate of drug-likeness (QED) is 0.147. The first-order valence-electron chi connectivity index (χ1n) is 23.6. The molecular weight excluding hydrogens is 807 g/mol. The zero-order chi connectivity index (χ0) is 45.3. The fraction of sp³-hybridized carbons (Fsp3) is 0.0909. The molecule has 10 aromatic carbocycles. The molecule has 0 heterocycles. The molecule has 0 unspecified atom stereocenters. The molecule has 2 aliphatic rings. The maximum absolute atomic E-state index is 2.42. The number of nitrogens with zero attached hydrogens (tertiary/aromatic N) is 1. The Morgan fingerprint density at radius 2 is 0.597 bits per heavy atom. The van der Waals surface area contributed by atoms with Gasteiger partial charge >= 0.3 is 0 Å². The van der Waals surface area contributed by atoms with E-state index in [9.17, 15) is 0 Å². The third-order valence-corrected chi connectivity index (χ3v) is 14.7. The van der Waals surface area contributed by atoms with Gasteiger partial charge in [0.2, 0.25) is 0 Å². The third-order valence-electron chi connectivity index (χ3n) is 14.7. The molecule has 2 aliphatic carbocycles. The van der Waals surface area contributed by atoms with E-state index in [0.29, 0.717) is 0 Å². The number of hydrogen-bond acceptors (Lipinski definition) is 1. The van der Waals surface area contributed by atoms with E-state index in [4.69, 9.17) is 0 Å². The van der Waals surface area contributed by atoms with Gasteiger partial charge in [-0.1, -0.05) is 228 Å².